The SMILES string of the molecule is CC(C)(c1ccc(O/C(Cl)=C/Cl)cc1)c1ccc(O/C(Cl)=C/Cl)cc1. The number of ether oxygens (including phenoxy) is 2. The molecule has 0 N–H and O–H groups in total. The van der Waals surface area contributed by atoms with Crippen molar-refractivity contribution >= 4 is 46.4 Å². The Morgan fingerprint density at radius 3 is 1.32 bits per heavy atom. The van der Waals surface area contributed by atoms with Crippen LogP contribution in [0, 0.1) is 0 Å². The van der Waals surface area contributed by atoms with Gasteiger partial charge in [-0.05, 0) is 58.6 Å². The second kappa shape index (κ2) is 8.86. The Kier molecular flexibility index (Phi) is 7.09. The van der Waals surface area contributed by atoms with Gasteiger partial charge in [-0.25, -0.2) is 0 Å². The van der Waals surface area contributed by atoms with E-state index in [1.165, 1.54) is 11.1 Å². The van der Waals surface area contributed by atoms with E-state index in [2.05, 4.69) is 13.8 Å². The van der Waals surface area contributed by atoms with Crippen molar-refractivity contribution in [2.75, 3.05) is 0 Å². The van der Waals surface area contributed by atoms with E-state index in [-0.39, 0.29) is 15.9 Å². The maximum absolute atomic E-state index is 5.76. The third kappa shape index (κ3) is 5.32. The molecule has 0 aliphatic heterocycles. The van der Waals surface area contributed by atoms with Crippen molar-refractivity contribution in [1.82, 2.24) is 0 Å². The third-order valence-corrected chi connectivity index (χ3v) is 4.75. The molecule has 2 rings (SSSR count). The fraction of sp³-hybridized carbons (Fsp3) is 0.158. The van der Waals surface area contributed by atoms with E-state index in [9.17, 15) is 0 Å². The van der Waals surface area contributed by atoms with Crippen LogP contribution in [0.3, 0.4) is 0 Å². The van der Waals surface area contributed by atoms with Crippen LogP contribution in [0.2, 0.25) is 0 Å². The molecule has 2 nitrogen and oxygen atoms in total. The van der Waals surface area contributed by atoms with Gasteiger partial charge in [0.2, 0.25) is 10.4 Å². The van der Waals surface area contributed by atoms with Gasteiger partial charge in [0.15, 0.2) is 0 Å². The number of benzene rings is 2. The van der Waals surface area contributed by atoms with Crippen molar-refractivity contribution in [3.05, 3.63) is 81.2 Å². The summed E-state index contributed by atoms with van der Waals surface area (Å²) in [5.74, 6) is 1.24. The Hall–Kier alpha value is -1.32. The number of hydrogen-bond acceptors (Lipinski definition) is 2. The van der Waals surface area contributed by atoms with Crippen LogP contribution in [0.25, 0.3) is 0 Å². The molecule has 0 amide bonds. The zero-order chi connectivity index (χ0) is 18.4. The highest BCUT2D eigenvalue weighted by molar-refractivity contribution is 6.36. The van der Waals surface area contributed by atoms with Gasteiger partial charge < -0.3 is 9.47 Å². The quantitative estimate of drug-likeness (QED) is 0.458. The highest BCUT2D eigenvalue weighted by Crippen LogP contribution is 2.34. The highest BCUT2D eigenvalue weighted by Gasteiger charge is 2.23. The molecule has 0 fully saturated rings. The minimum atomic E-state index is -0.213. The van der Waals surface area contributed by atoms with Gasteiger partial charge >= 0.3 is 0 Å². The molecule has 2 aromatic carbocycles. The molecule has 0 aliphatic rings. The van der Waals surface area contributed by atoms with E-state index in [0.29, 0.717) is 11.5 Å². The summed E-state index contributed by atoms with van der Waals surface area (Å²) in [7, 11) is 0. The second-order valence-electron chi connectivity index (χ2n) is 5.70. The summed E-state index contributed by atoms with van der Waals surface area (Å²) in [5, 5.41) is 0.239. The lowest BCUT2D eigenvalue weighted by molar-refractivity contribution is 0.462. The first kappa shape index (κ1) is 20.0. The van der Waals surface area contributed by atoms with E-state index in [4.69, 9.17) is 55.9 Å². The molecule has 0 atom stereocenters. The summed E-state index contributed by atoms with van der Waals surface area (Å²) in [5.41, 5.74) is 4.38. The Labute approximate surface area is 167 Å². The summed E-state index contributed by atoms with van der Waals surface area (Å²) in [6, 6.07) is 15.4. The normalized spacial score (nSPS) is 12.9. The van der Waals surface area contributed by atoms with Gasteiger partial charge in [-0.1, -0.05) is 61.3 Å². The van der Waals surface area contributed by atoms with Crippen LogP contribution in [0.5, 0.6) is 11.5 Å². The van der Waals surface area contributed by atoms with E-state index in [0.717, 1.165) is 11.1 Å². The molecule has 0 heterocycles. The predicted molar refractivity (Wildman–Crippen MR) is 106 cm³/mol. The Morgan fingerprint density at radius 2 is 1.04 bits per heavy atom. The minimum absolute atomic E-state index is 0.119. The van der Waals surface area contributed by atoms with Crippen LogP contribution >= 0.6 is 46.4 Å². The number of halogens is 4. The molecule has 0 radical (unpaired) electrons. The molecule has 25 heavy (non-hydrogen) atoms. The van der Waals surface area contributed by atoms with Gasteiger partial charge in [0, 0.05) is 5.41 Å². The van der Waals surface area contributed by atoms with Crippen LogP contribution in [0.1, 0.15) is 25.0 Å². The second-order valence-corrected chi connectivity index (χ2v) is 6.89. The summed E-state index contributed by atoms with van der Waals surface area (Å²) in [6.07, 6.45) is 0. The zero-order valence-electron chi connectivity index (χ0n) is 13.6. The van der Waals surface area contributed by atoms with E-state index >= 15 is 0 Å². The van der Waals surface area contributed by atoms with E-state index in [1.807, 2.05) is 48.5 Å². The van der Waals surface area contributed by atoms with Gasteiger partial charge in [0.25, 0.3) is 0 Å². The van der Waals surface area contributed by atoms with Crippen molar-refractivity contribution in [3.8, 4) is 11.5 Å². The molecule has 6 heteroatoms. The Morgan fingerprint density at radius 1 is 0.720 bits per heavy atom. The molecule has 2 aromatic rings. The topological polar surface area (TPSA) is 18.5 Å². The lowest BCUT2D eigenvalue weighted by atomic mass is 9.78. The predicted octanol–water partition coefficient (Wildman–Crippen LogP) is 7.32. The maximum Gasteiger partial charge on any atom is 0.205 e. The minimum Gasteiger partial charge on any atom is -0.444 e. The molecule has 0 saturated heterocycles. The smallest absolute Gasteiger partial charge is 0.205 e. The lowest BCUT2D eigenvalue weighted by Crippen LogP contribution is -2.18. The van der Waals surface area contributed by atoms with Crippen molar-refractivity contribution in [3.63, 3.8) is 0 Å². The molecule has 132 valence electrons. The summed E-state index contributed by atoms with van der Waals surface area (Å²) >= 11 is 22.5. The van der Waals surface area contributed by atoms with E-state index < -0.39 is 0 Å². The van der Waals surface area contributed by atoms with Gasteiger partial charge in [-0.15, -0.1) is 0 Å². The van der Waals surface area contributed by atoms with Gasteiger partial charge in [-0.2, -0.15) is 0 Å². The van der Waals surface area contributed by atoms with Gasteiger partial charge in [0.1, 0.15) is 11.5 Å². The monoisotopic (exact) mass is 416 g/mol. The molecular weight excluding hydrogens is 402 g/mol. The van der Waals surface area contributed by atoms with Crippen LogP contribution in [-0.4, -0.2) is 0 Å². The standard InChI is InChI=1S/C19H16Cl4O2/c1-19(2,13-3-7-15(8-4-13)24-17(22)11-20)14-5-9-16(10-6-14)25-18(23)12-21/h3-12H,1-2H3/b17-11+,18-12+. The molecule has 0 aliphatic carbocycles. The summed E-state index contributed by atoms with van der Waals surface area (Å²) in [4.78, 5) is 0. The molecule has 0 unspecified atom stereocenters. The Bertz CT molecular complexity index is 698. The third-order valence-electron chi connectivity index (χ3n) is 3.75. The number of hydrogen-bond donors (Lipinski definition) is 0. The lowest BCUT2D eigenvalue weighted by Gasteiger charge is -2.26. The molecule has 0 aromatic heterocycles. The number of rotatable bonds is 6. The fourth-order valence-electron chi connectivity index (χ4n) is 2.32. The van der Waals surface area contributed by atoms with Crippen LogP contribution in [-0.2, 0) is 5.41 Å². The average molecular weight is 418 g/mol. The van der Waals surface area contributed by atoms with Gasteiger partial charge in [0.05, 0.1) is 11.1 Å². The largest absolute Gasteiger partial charge is 0.444 e. The summed E-state index contributed by atoms with van der Waals surface area (Å²) in [6.45, 7) is 4.27. The first-order chi connectivity index (χ1) is 11.9. The zero-order valence-corrected chi connectivity index (χ0v) is 16.6. The average Bonchev–Trinajstić information content (AvgIpc) is 2.62. The van der Waals surface area contributed by atoms with Crippen LogP contribution in [0.15, 0.2) is 70.0 Å². The van der Waals surface area contributed by atoms with Gasteiger partial charge in [-0.3, -0.25) is 0 Å². The first-order valence-electron chi connectivity index (χ1n) is 7.35. The molecule has 0 saturated carbocycles. The van der Waals surface area contributed by atoms with E-state index in [1.54, 1.807) is 0 Å². The summed E-state index contributed by atoms with van der Waals surface area (Å²) < 4.78 is 10.7. The Balaban J connectivity index is 2.20. The van der Waals surface area contributed by atoms with Crippen molar-refractivity contribution in [2.24, 2.45) is 0 Å². The first-order valence-corrected chi connectivity index (χ1v) is 8.98. The van der Waals surface area contributed by atoms with Crippen LogP contribution < -0.4 is 9.47 Å². The van der Waals surface area contributed by atoms with Crippen LogP contribution in [0.4, 0.5) is 0 Å². The van der Waals surface area contributed by atoms with Crippen molar-refractivity contribution < 1.29 is 9.47 Å². The molecule has 0 spiro atoms. The maximum atomic E-state index is 5.76. The highest BCUT2D eigenvalue weighted by atomic mass is 35.5. The molecular formula is C19H16Cl4O2. The van der Waals surface area contributed by atoms with Crippen molar-refractivity contribution in [2.45, 2.75) is 19.3 Å². The van der Waals surface area contributed by atoms with Crippen molar-refractivity contribution in [1.29, 1.82) is 0 Å². The fourth-order valence-corrected chi connectivity index (χ4v) is 2.58. The molecule has 0 bridgehead atoms.